The van der Waals surface area contributed by atoms with Crippen LogP contribution in [-0.4, -0.2) is 149 Å². The average Bonchev–Trinajstić information content (AvgIpc) is 3.11. The number of esters is 2. The third-order valence-corrected chi connectivity index (χ3v) is 12.4. The van der Waals surface area contributed by atoms with E-state index < -0.39 is 114 Å². The Balaban J connectivity index is 2.24. The summed E-state index contributed by atoms with van der Waals surface area (Å²) in [6.07, 6.45) is -9.68. The van der Waals surface area contributed by atoms with E-state index in [1.807, 2.05) is 25.9 Å². The predicted molar refractivity (Wildman–Crippen MR) is 200 cm³/mol. The number of ketones is 1. The van der Waals surface area contributed by atoms with Crippen molar-refractivity contribution in [2.45, 2.75) is 193 Å². The van der Waals surface area contributed by atoms with Crippen molar-refractivity contribution < 1.29 is 68.0 Å². The quantitative estimate of drug-likeness (QED) is 0.249. The second-order valence-electron chi connectivity index (χ2n) is 17.3. The summed E-state index contributed by atoms with van der Waals surface area (Å²) >= 11 is 0. The topological polar surface area (TPSA) is 200 Å². The zero-order chi connectivity index (χ0) is 42.0. The van der Waals surface area contributed by atoms with Crippen LogP contribution in [0.4, 0.5) is 0 Å². The summed E-state index contributed by atoms with van der Waals surface area (Å²) in [6, 6.07) is -0.319. The summed E-state index contributed by atoms with van der Waals surface area (Å²) in [7, 11) is 5.21. The Labute approximate surface area is 327 Å². The van der Waals surface area contributed by atoms with E-state index in [4.69, 9.17) is 33.2 Å². The van der Waals surface area contributed by atoms with Crippen molar-refractivity contribution >= 4 is 17.7 Å². The second-order valence-corrected chi connectivity index (χ2v) is 17.3. The van der Waals surface area contributed by atoms with E-state index in [1.165, 1.54) is 27.9 Å². The van der Waals surface area contributed by atoms with Crippen molar-refractivity contribution in [1.82, 2.24) is 4.90 Å². The normalized spacial score (nSPS) is 46.9. The third-order valence-electron chi connectivity index (χ3n) is 12.4. The molecule has 0 aromatic rings. The zero-order valence-electron chi connectivity index (χ0n) is 35.5. The van der Waals surface area contributed by atoms with Gasteiger partial charge in [0, 0.05) is 37.7 Å². The molecule has 3 aliphatic heterocycles. The highest BCUT2D eigenvalue weighted by Gasteiger charge is 2.54. The van der Waals surface area contributed by atoms with Gasteiger partial charge in [0.1, 0.15) is 23.6 Å². The van der Waals surface area contributed by atoms with Gasteiger partial charge in [-0.2, -0.15) is 0 Å². The van der Waals surface area contributed by atoms with Crippen LogP contribution >= 0.6 is 0 Å². The molecular formula is C40H71NO14. The minimum Gasteiger partial charge on any atom is -0.459 e. The molecule has 3 fully saturated rings. The number of carbonyl (C=O) groups is 3. The minimum atomic E-state index is -2.01. The second kappa shape index (κ2) is 18.9. The van der Waals surface area contributed by atoms with Crippen LogP contribution in [0.1, 0.15) is 108 Å². The molecule has 0 amide bonds. The number of hydrogen-bond donors (Lipinski definition) is 4. The Bertz CT molecular complexity index is 1290. The summed E-state index contributed by atoms with van der Waals surface area (Å²) in [5.74, 6) is -5.59. The Morgan fingerprint density at radius 3 is 2.05 bits per heavy atom. The first kappa shape index (κ1) is 47.6. The number of carbonyl (C=O) groups excluding carboxylic acids is 3. The number of aliphatic hydroxyl groups excluding tert-OH is 2. The molecule has 18 atom stereocenters. The van der Waals surface area contributed by atoms with Crippen molar-refractivity contribution in [3.8, 4) is 0 Å². The maximum absolute atomic E-state index is 14.2. The first-order valence-corrected chi connectivity index (χ1v) is 19.9. The van der Waals surface area contributed by atoms with Gasteiger partial charge in [-0.05, 0) is 74.9 Å². The van der Waals surface area contributed by atoms with Crippen LogP contribution in [0.2, 0.25) is 0 Å². The number of hydrogen-bond acceptors (Lipinski definition) is 15. The smallest absolute Gasteiger partial charge is 0.311 e. The Hall–Kier alpha value is -1.79. The van der Waals surface area contributed by atoms with E-state index in [-0.39, 0.29) is 37.8 Å². The van der Waals surface area contributed by atoms with Gasteiger partial charge in [0.05, 0.1) is 53.7 Å². The van der Waals surface area contributed by atoms with Crippen LogP contribution in [-0.2, 0) is 47.5 Å². The predicted octanol–water partition coefficient (Wildman–Crippen LogP) is 2.75. The molecule has 0 unspecified atom stereocenters. The lowest BCUT2D eigenvalue weighted by Crippen LogP contribution is -2.61. The summed E-state index contributed by atoms with van der Waals surface area (Å²) < 4.78 is 43.6. The standard InChI is InChI=1S/C40H71NO14/c1-15-27-40(11,48)33(44)22(5)30(43)20(3)18-38(9,47)35(55-37-32(53-28(42)16-2)26(41(12)13)17-21(4)50-37)23(6)31(24(7)36(46)52-27)54-29-19-39(10,49-14)34(45)25(8)51-29/h20-27,29,31-35,37,44-45,47-48H,15-19H2,1-14H3/t20-,21+,22+,23+,24-,25-,26-,27-,29-,31+,32+,33-,34-,35-,37-,38-,39+,40-/m1/s1. The lowest BCUT2D eigenvalue weighted by Gasteiger charge is -2.49. The first-order valence-electron chi connectivity index (χ1n) is 19.9. The number of likely N-dealkylation sites (N-methyl/N-ethyl adjacent to an activating group) is 1. The zero-order valence-corrected chi connectivity index (χ0v) is 35.5. The molecule has 0 aromatic heterocycles. The third kappa shape index (κ3) is 10.6. The fraction of sp³-hybridized carbons (Fsp3) is 0.925. The van der Waals surface area contributed by atoms with Gasteiger partial charge in [-0.1, -0.05) is 34.6 Å². The molecule has 15 nitrogen and oxygen atoms in total. The number of Topliss-reactive ketones (excluding diaryl/α,β-unsaturated/α-hetero) is 1. The van der Waals surface area contributed by atoms with Crippen molar-refractivity contribution in [2.24, 2.45) is 23.7 Å². The molecule has 0 aliphatic carbocycles. The van der Waals surface area contributed by atoms with Crippen molar-refractivity contribution in [3.05, 3.63) is 0 Å². The van der Waals surface area contributed by atoms with Crippen molar-refractivity contribution in [3.63, 3.8) is 0 Å². The lowest BCUT2D eigenvalue weighted by molar-refractivity contribution is -0.319. The highest BCUT2D eigenvalue weighted by molar-refractivity contribution is 5.83. The van der Waals surface area contributed by atoms with Gasteiger partial charge in [0.2, 0.25) is 0 Å². The number of rotatable bonds is 9. The number of nitrogens with zero attached hydrogens (tertiary/aromatic N) is 1. The van der Waals surface area contributed by atoms with Gasteiger partial charge in [-0.3, -0.25) is 14.4 Å². The molecule has 320 valence electrons. The molecular weight excluding hydrogens is 718 g/mol. The minimum absolute atomic E-state index is 0.0760. The van der Waals surface area contributed by atoms with Gasteiger partial charge in [0.15, 0.2) is 18.7 Å². The molecule has 0 aromatic carbocycles. The molecule has 55 heavy (non-hydrogen) atoms. The Morgan fingerprint density at radius 2 is 1.51 bits per heavy atom. The summed E-state index contributed by atoms with van der Waals surface area (Å²) in [6.45, 7) is 18.0. The summed E-state index contributed by atoms with van der Waals surface area (Å²) in [5.41, 5.74) is -4.92. The van der Waals surface area contributed by atoms with Gasteiger partial charge < -0.3 is 58.5 Å². The van der Waals surface area contributed by atoms with Gasteiger partial charge >= 0.3 is 11.9 Å². The van der Waals surface area contributed by atoms with Gasteiger partial charge in [-0.25, -0.2) is 0 Å². The van der Waals surface area contributed by atoms with Crippen LogP contribution in [0.3, 0.4) is 0 Å². The Morgan fingerprint density at radius 1 is 0.891 bits per heavy atom. The SMILES string of the molecule is CCC(=O)O[C@@H]1[C@@H](O[C@@H]2[C@@H](C)[C@H](O[C@@H]3C[C@](C)(OC)[C@H](O)[C@@H](C)O3)[C@@H](C)C(=O)O[C@H](CC)[C@@](C)(O)[C@H](O)[C@@H](C)C(=O)[C@H](C)C[C@@]2(C)O)O[C@@H](C)C[C@H]1N(C)C. The van der Waals surface area contributed by atoms with E-state index in [0.29, 0.717) is 6.42 Å². The fourth-order valence-corrected chi connectivity index (χ4v) is 8.76. The monoisotopic (exact) mass is 789 g/mol. The van der Waals surface area contributed by atoms with Gasteiger partial charge in [0.25, 0.3) is 0 Å². The van der Waals surface area contributed by atoms with E-state index >= 15 is 0 Å². The summed E-state index contributed by atoms with van der Waals surface area (Å²) in [5, 5.41) is 46.6. The molecule has 3 saturated heterocycles. The molecule has 3 rings (SSSR count). The first-order chi connectivity index (χ1) is 25.4. The van der Waals surface area contributed by atoms with Crippen molar-refractivity contribution in [2.75, 3.05) is 21.2 Å². The molecule has 3 heterocycles. The fourth-order valence-electron chi connectivity index (χ4n) is 8.76. The number of aliphatic hydroxyl groups is 4. The van der Waals surface area contributed by atoms with Crippen LogP contribution in [0, 0.1) is 23.7 Å². The van der Waals surface area contributed by atoms with E-state index in [9.17, 15) is 34.8 Å². The number of methoxy groups -OCH3 is 1. The van der Waals surface area contributed by atoms with E-state index in [0.717, 1.165) is 0 Å². The van der Waals surface area contributed by atoms with Crippen LogP contribution in [0.5, 0.6) is 0 Å². The van der Waals surface area contributed by atoms with Crippen LogP contribution < -0.4 is 0 Å². The number of ether oxygens (including phenoxy) is 7. The van der Waals surface area contributed by atoms with Crippen molar-refractivity contribution in [1.29, 1.82) is 0 Å². The molecule has 0 spiro atoms. The van der Waals surface area contributed by atoms with E-state index in [2.05, 4.69) is 0 Å². The van der Waals surface area contributed by atoms with E-state index in [1.54, 1.807) is 48.5 Å². The maximum Gasteiger partial charge on any atom is 0.311 e. The van der Waals surface area contributed by atoms with Gasteiger partial charge in [-0.15, -0.1) is 0 Å². The average molecular weight is 790 g/mol. The molecule has 0 radical (unpaired) electrons. The van der Waals surface area contributed by atoms with Crippen LogP contribution in [0.25, 0.3) is 0 Å². The maximum atomic E-state index is 14.2. The lowest BCUT2D eigenvalue weighted by atomic mass is 9.74. The highest BCUT2D eigenvalue weighted by Crippen LogP contribution is 2.41. The number of cyclic esters (lactones) is 1. The highest BCUT2D eigenvalue weighted by atomic mass is 16.7. The summed E-state index contributed by atoms with van der Waals surface area (Å²) in [4.78, 5) is 42.9. The largest absolute Gasteiger partial charge is 0.459 e. The molecule has 3 aliphatic rings. The molecule has 0 saturated carbocycles. The van der Waals surface area contributed by atoms with Crippen LogP contribution in [0.15, 0.2) is 0 Å². The molecule has 4 N–H and O–H groups in total. The molecule has 15 heteroatoms. The molecule has 0 bridgehead atoms. The Kier molecular flexibility index (Phi) is 16.3.